The van der Waals surface area contributed by atoms with Crippen LogP contribution >= 0.6 is 0 Å². The molecule has 4 aromatic rings. The zero-order valence-electron chi connectivity index (χ0n) is 12.7. The molecule has 0 aliphatic heterocycles. The maximum absolute atomic E-state index is 12.5. The summed E-state index contributed by atoms with van der Waals surface area (Å²) in [6.45, 7) is 0.289. The molecule has 118 valence electrons. The highest BCUT2D eigenvalue weighted by Crippen LogP contribution is 2.24. The molecule has 0 fully saturated rings. The van der Waals surface area contributed by atoms with E-state index in [0.717, 1.165) is 22.1 Å². The van der Waals surface area contributed by atoms with Crippen LogP contribution in [0.15, 0.2) is 71.9 Å². The number of nitrogens with one attached hydrogen (secondary N) is 1. The highest BCUT2D eigenvalue weighted by atomic mass is 16.7. The third kappa shape index (κ3) is 2.54. The predicted octanol–water partition coefficient (Wildman–Crippen LogP) is 2.42. The van der Waals surface area contributed by atoms with Gasteiger partial charge in [-0.1, -0.05) is 30.3 Å². The molecule has 3 heterocycles. The van der Waals surface area contributed by atoms with Gasteiger partial charge in [-0.15, -0.1) is 4.73 Å². The van der Waals surface area contributed by atoms with Gasteiger partial charge in [-0.2, -0.15) is 5.10 Å². The fraction of sp³-hybridized carbons (Fsp3) is 0.0556. The first-order valence-electron chi connectivity index (χ1n) is 7.50. The van der Waals surface area contributed by atoms with E-state index in [9.17, 15) is 4.79 Å². The fourth-order valence-corrected chi connectivity index (χ4v) is 2.61. The minimum absolute atomic E-state index is 0.270. The second kappa shape index (κ2) is 6.00. The normalized spacial score (nSPS) is 10.8. The summed E-state index contributed by atoms with van der Waals surface area (Å²) in [5, 5.41) is 7.54. The summed E-state index contributed by atoms with van der Waals surface area (Å²) < 4.78 is 1.24. The molecule has 0 unspecified atom stereocenters. The molecule has 0 aliphatic carbocycles. The summed E-state index contributed by atoms with van der Waals surface area (Å²) in [6, 6.07) is 15.0. The van der Waals surface area contributed by atoms with E-state index in [2.05, 4.69) is 15.2 Å². The molecule has 0 radical (unpaired) electrons. The first-order valence-corrected chi connectivity index (χ1v) is 7.50. The second-order valence-corrected chi connectivity index (χ2v) is 5.31. The summed E-state index contributed by atoms with van der Waals surface area (Å²) in [6.07, 6.45) is 5.07. The zero-order chi connectivity index (χ0) is 16.4. The van der Waals surface area contributed by atoms with E-state index in [-0.39, 0.29) is 12.2 Å². The summed E-state index contributed by atoms with van der Waals surface area (Å²) in [4.78, 5) is 22.6. The van der Waals surface area contributed by atoms with Crippen LogP contribution in [0.2, 0.25) is 0 Å². The quantitative estimate of drug-likeness (QED) is 0.627. The highest BCUT2D eigenvalue weighted by molar-refractivity contribution is 5.92. The Balaban J connectivity index is 1.81. The molecule has 0 saturated carbocycles. The van der Waals surface area contributed by atoms with Crippen molar-refractivity contribution in [1.29, 1.82) is 0 Å². The van der Waals surface area contributed by atoms with Crippen LogP contribution in [0.5, 0.6) is 0 Å². The third-order valence-electron chi connectivity index (χ3n) is 3.75. The molecule has 0 aliphatic rings. The first kappa shape index (κ1) is 14.2. The van der Waals surface area contributed by atoms with Gasteiger partial charge in [0.2, 0.25) is 0 Å². The van der Waals surface area contributed by atoms with Crippen molar-refractivity contribution in [2.75, 3.05) is 0 Å². The molecule has 6 heteroatoms. The van der Waals surface area contributed by atoms with Crippen molar-refractivity contribution < 1.29 is 4.84 Å². The van der Waals surface area contributed by atoms with Gasteiger partial charge in [0.15, 0.2) is 5.65 Å². The van der Waals surface area contributed by atoms with E-state index < -0.39 is 0 Å². The van der Waals surface area contributed by atoms with E-state index in [1.54, 1.807) is 24.7 Å². The lowest BCUT2D eigenvalue weighted by Crippen LogP contribution is -2.27. The first-order chi connectivity index (χ1) is 11.8. The number of fused-ring (bicyclic) bond motifs is 1. The SMILES string of the molecule is O=c1cc(-c2cn[nH]c2)c2cccnc2n1OCc1ccccc1. The van der Waals surface area contributed by atoms with Crippen molar-refractivity contribution >= 4 is 11.0 Å². The van der Waals surface area contributed by atoms with Crippen molar-refractivity contribution in [1.82, 2.24) is 19.9 Å². The largest absolute Gasteiger partial charge is 0.404 e. The Morgan fingerprint density at radius 3 is 2.79 bits per heavy atom. The van der Waals surface area contributed by atoms with E-state index in [4.69, 9.17) is 4.84 Å². The molecule has 1 aromatic carbocycles. The van der Waals surface area contributed by atoms with Gasteiger partial charge in [-0.05, 0) is 17.7 Å². The molecule has 0 atom stereocenters. The molecule has 1 N–H and O–H groups in total. The van der Waals surface area contributed by atoms with Gasteiger partial charge in [0.05, 0.1) is 6.20 Å². The molecule has 4 rings (SSSR count). The molecule has 0 spiro atoms. The number of aromatic nitrogens is 4. The van der Waals surface area contributed by atoms with Crippen LogP contribution in [0.1, 0.15) is 5.56 Å². The second-order valence-electron chi connectivity index (χ2n) is 5.31. The third-order valence-corrected chi connectivity index (χ3v) is 3.75. The van der Waals surface area contributed by atoms with Gasteiger partial charge in [0.25, 0.3) is 5.56 Å². The average Bonchev–Trinajstić information content (AvgIpc) is 3.16. The van der Waals surface area contributed by atoms with Gasteiger partial charge in [-0.25, -0.2) is 4.98 Å². The number of hydrogen-bond donors (Lipinski definition) is 1. The maximum Gasteiger partial charge on any atom is 0.285 e. The van der Waals surface area contributed by atoms with E-state index in [1.165, 1.54) is 4.73 Å². The van der Waals surface area contributed by atoms with Gasteiger partial charge in [-0.3, -0.25) is 9.89 Å². The van der Waals surface area contributed by atoms with E-state index in [1.807, 2.05) is 42.5 Å². The number of nitrogens with zero attached hydrogens (tertiary/aromatic N) is 3. The molecule has 0 bridgehead atoms. The lowest BCUT2D eigenvalue weighted by molar-refractivity contribution is 0.0980. The molecule has 6 nitrogen and oxygen atoms in total. The van der Waals surface area contributed by atoms with Crippen LogP contribution in [0.4, 0.5) is 0 Å². The van der Waals surface area contributed by atoms with Crippen LogP contribution in [-0.4, -0.2) is 19.9 Å². The van der Waals surface area contributed by atoms with Crippen molar-refractivity contribution in [3.63, 3.8) is 0 Å². The van der Waals surface area contributed by atoms with Crippen LogP contribution in [-0.2, 0) is 6.61 Å². The Hall–Kier alpha value is -3.41. The molecule has 0 amide bonds. The Labute approximate surface area is 137 Å². The van der Waals surface area contributed by atoms with Crippen molar-refractivity contribution in [3.8, 4) is 11.1 Å². The van der Waals surface area contributed by atoms with Crippen molar-refractivity contribution in [3.05, 3.63) is 83.0 Å². The van der Waals surface area contributed by atoms with E-state index >= 15 is 0 Å². The van der Waals surface area contributed by atoms with Gasteiger partial charge < -0.3 is 4.84 Å². The molecule has 0 saturated heterocycles. The summed E-state index contributed by atoms with van der Waals surface area (Å²) in [7, 11) is 0. The van der Waals surface area contributed by atoms with Gasteiger partial charge in [0, 0.05) is 35.0 Å². The standard InChI is InChI=1S/C18H14N4O2/c23-17-9-16(14-10-20-21-11-14)15-7-4-8-19-18(15)22(17)24-12-13-5-2-1-3-6-13/h1-11H,12H2,(H,20,21). The van der Waals surface area contributed by atoms with Crippen LogP contribution in [0.3, 0.4) is 0 Å². The summed E-state index contributed by atoms with van der Waals surface area (Å²) in [5.74, 6) is 0. The zero-order valence-corrected chi connectivity index (χ0v) is 12.7. The minimum atomic E-state index is -0.270. The number of H-pyrrole nitrogens is 1. The highest BCUT2D eigenvalue weighted by Gasteiger charge is 2.13. The fourth-order valence-electron chi connectivity index (χ4n) is 2.61. The number of rotatable bonds is 4. The molecule has 24 heavy (non-hydrogen) atoms. The molecular weight excluding hydrogens is 304 g/mol. The smallest absolute Gasteiger partial charge is 0.285 e. The van der Waals surface area contributed by atoms with E-state index in [0.29, 0.717) is 5.65 Å². The Morgan fingerprint density at radius 1 is 1.12 bits per heavy atom. The molecular formula is C18H14N4O2. The lowest BCUT2D eigenvalue weighted by atomic mass is 10.1. The van der Waals surface area contributed by atoms with Crippen LogP contribution in [0, 0.1) is 0 Å². The summed E-state index contributed by atoms with van der Waals surface area (Å²) in [5.41, 5.74) is 2.80. The van der Waals surface area contributed by atoms with Crippen LogP contribution in [0.25, 0.3) is 22.2 Å². The number of aromatic amines is 1. The topological polar surface area (TPSA) is 72.8 Å². The van der Waals surface area contributed by atoms with Crippen LogP contribution < -0.4 is 10.4 Å². The Bertz CT molecular complexity index is 1020. The average molecular weight is 318 g/mol. The number of hydrogen-bond acceptors (Lipinski definition) is 4. The number of pyridine rings is 2. The number of benzene rings is 1. The molecule has 3 aromatic heterocycles. The summed E-state index contributed by atoms with van der Waals surface area (Å²) >= 11 is 0. The van der Waals surface area contributed by atoms with Gasteiger partial charge in [0.1, 0.15) is 6.61 Å². The van der Waals surface area contributed by atoms with Gasteiger partial charge >= 0.3 is 0 Å². The Kier molecular flexibility index (Phi) is 3.55. The maximum atomic E-state index is 12.5. The minimum Gasteiger partial charge on any atom is -0.404 e. The van der Waals surface area contributed by atoms with Crippen molar-refractivity contribution in [2.45, 2.75) is 6.61 Å². The predicted molar refractivity (Wildman–Crippen MR) is 90.3 cm³/mol. The van der Waals surface area contributed by atoms with Crippen molar-refractivity contribution in [2.24, 2.45) is 0 Å². The lowest BCUT2D eigenvalue weighted by Gasteiger charge is -2.12. The Morgan fingerprint density at radius 2 is 2.00 bits per heavy atom. The monoisotopic (exact) mass is 318 g/mol.